The molecule has 2 aromatic carbocycles. The standard InChI is InChI=1S/C22H30N2OS/c1-5-25-19(4)23-12-14-24(15-13-23)20-8-6-7-9-22(20)26-21-11-10-17(2)16-18(21)3/h6-11,16,19H,5,12-15H2,1-4H3/t19-/m0/s1. The molecule has 0 radical (unpaired) electrons. The van der Waals surface area contributed by atoms with E-state index in [2.05, 4.69) is 80.0 Å². The lowest BCUT2D eigenvalue weighted by molar-refractivity contribution is -0.0440. The lowest BCUT2D eigenvalue weighted by Crippen LogP contribution is -2.50. The van der Waals surface area contributed by atoms with Crippen molar-refractivity contribution >= 4 is 17.4 Å². The third-order valence-corrected chi connectivity index (χ3v) is 6.24. The van der Waals surface area contributed by atoms with Crippen LogP contribution in [0.2, 0.25) is 0 Å². The third-order valence-electron chi connectivity index (χ3n) is 4.99. The Hall–Kier alpha value is -1.49. The first-order valence-electron chi connectivity index (χ1n) is 9.53. The number of hydrogen-bond acceptors (Lipinski definition) is 4. The Labute approximate surface area is 162 Å². The topological polar surface area (TPSA) is 15.7 Å². The van der Waals surface area contributed by atoms with E-state index in [1.807, 2.05) is 11.8 Å². The molecule has 4 heteroatoms. The highest BCUT2D eigenvalue weighted by Crippen LogP contribution is 2.37. The van der Waals surface area contributed by atoms with Crippen molar-refractivity contribution < 1.29 is 4.74 Å². The van der Waals surface area contributed by atoms with Gasteiger partial charge in [0.05, 0.1) is 5.69 Å². The molecule has 1 aliphatic heterocycles. The number of ether oxygens (including phenoxy) is 1. The summed E-state index contributed by atoms with van der Waals surface area (Å²) in [6.07, 6.45) is 0.210. The van der Waals surface area contributed by atoms with E-state index in [1.165, 1.54) is 26.6 Å². The van der Waals surface area contributed by atoms with Crippen LogP contribution in [0.4, 0.5) is 5.69 Å². The van der Waals surface area contributed by atoms with Crippen LogP contribution >= 0.6 is 11.8 Å². The lowest BCUT2D eigenvalue weighted by atomic mass is 10.2. The first-order chi connectivity index (χ1) is 12.6. The van der Waals surface area contributed by atoms with Gasteiger partial charge in [0, 0.05) is 42.6 Å². The number of nitrogens with zero attached hydrogens (tertiary/aromatic N) is 2. The van der Waals surface area contributed by atoms with Crippen molar-refractivity contribution in [2.75, 3.05) is 37.7 Å². The van der Waals surface area contributed by atoms with Gasteiger partial charge in [0.25, 0.3) is 0 Å². The molecule has 3 nitrogen and oxygen atoms in total. The van der Waals surface area contributed by atoms with Crippen LogP contribution in [0.1, 0.15) is 25.0 Å². The summed E-state index contributed by atoms with van der Waals surface area (Å²) in [5, 5.41) is 0. The Kier molecular flexibility index (Phi) is 6.63. The molecule has 1 heterocycles. The second-order valence-corrected chi connectivity index (χ2v) is 8.00. The highest BCUT2D eigenvalue weighted by molar-refractivity contribution is 7.99. The maximum Gasteiger partial charge on any atom is 0.107 e. The Bertz CT molecular complexity index is 726. The minimum atomic E-state index is 0.210. The molecule has 0 spiro atoms. The molecule has 0 amide bonds. The van der Waals surface area contributed by atoms with Crippen molar-refractivity contribution in [3.63, 3.8) is 0 Å². The average Bonchev–Trinajstić information content (AvgIpc) is 2.65. The highest BCUT2D eigenvalue weighted by Gasteiger charge is 2.22. The molecular weight excluding hydrogens is 340 g/mol. The summed E-state index contributed by atoms with van der Waals surface area (Å²) in [6, 6.07) is 15.5. The van der Waals surface area contributed by atoms with E-state index in [0.717, 1.165) is 32.8 Å². The van der Waals surface area contributed by atoms with Crippen LogP contribution in [-0.2, 0) is 4.74 Å². The van der Waals surface area contributed by atoms with Crippen LogP contribution in [0.5, 0.6) is 0 Å². The minimum Gasteiger partial charge on any atom is -0.368 e. The summed E-state index contributed by atoms with van der Waals surface area (Å²) < 4.78 is 5.75. The van der Waals surface area contributed by atoms with Crippen molar-refractivity contribution in [2.24, 2.45) is 0 Å². The Morgan fingerprint density at radius 1 is 1.00 bits per heavy atom. The summed E-state index contributed by atoms with van der Waals surface area (Å²) in [5.74, 6) is 0. The van der Waals surface area contributed by atoms with Gasteiger partial charge in [-0.25, -0.2) is 0 Å². The molecule has 1 atom stereocenters. The summed E-state index contributed by atoms with van der Waals surface area (Å²) in [5.41, 5.74) is 4.01. The monoisotopic (exact) mass is 370 g/mol. The summed E-state index contributed by atoms with van der Waals surface area (Å²) >= 11 is 1.88. The fraction of sp³-hybridized carbons (Fsp3) is 0.455. The van der Waals surface area contributed by atoms with Gasteiger partial charge in [-0.1, -0.05) is 41.6 Å². The average molecular weight is 371 g/mol. The number of hydrogen-bond donors (Lipinski definition) is 0. The first-order valence-corrected chi connectivity index (χ1v) is 10.3. The van der Waals surface area contributed by atoms with Crippen LogP contribution < -0.4 is 4.90 Å². The number of aryl methyl sites for hydroxylation is 2. The molecule has 0 aromatic heterocycles. The number of rotatable bonds is 6. The summed E-state index contributed by atoms with van der Waals surface area (Å²) in [7, 11) is 0. The fourth-order valence-electron chi connectivity index (χ4n) is 3.51. The minimum absolute atomic E-state index is 0.210. The predicted octanol–water partition coefficient (Wildman–Crippen LogP) is 4.96. The van der Waals surface area contributed by atoms with E-state index in [-0.39, 0.29) is 6.23 Å². The van der Waals surface area contributed by atoms with Gasteiger partial charge in [-0.15, -0.1) is 0 Å². The van der Waals surface area contributed by atoms with E-state index in [4.69, 9.17) is 4.74 Å². The van der Waals surface area contributed by atoms with Crippen LogP contribution in [0.25, 0.3) is 0 Å². The Balaban J connectivity index is 1.72. The number of anilines is 1. The van der Waals surface area contributed by atoms with E-state index < -0.39 is 0 Å². The van der Waals surface area contributed by atoms with E-state index in [0.29, 0.717) is 0 Å². The zero-order valence-electron chi connectivity index (χ0n) is 16.4. The number of benzene rings is 2. The zero-order chi connectivity index (χ0) is 18.5. The highest BCUT2D eigenvalue weighted by atomic mass is 32.2. The maximum absolute atomic E-state index is 5.75. The van der Waals surface area contributed by atoms with Crippen LogP contribution in [0, 0.1) is 13.8 Å². The van der Waals surface area contributed by atoms with Crippen molar-refractivity contribution in [1.29, 1.82) is 0 Å². The van der Waals surface area contributed by atoms with Crippen LogP contribution in [0.3, 0.4) is 0 Å². The predicted molar refractivity (Wildman–Crippen MR) is 111 cm³/mol. The molecule has 1 fully saturated rings. The van der Waals surface area contributed by atoms with Crippen LogP contribution in [0.15, 0.2) is 52.3 Å². The number of piperazine rings is 1. The normalized spacial score (nSPS) is 16.7. The molecule has 140 valence electrons. The summed E-state index contributed by atoms with van der Waals surface area (Å²) in [6.45, 7) is 13.5. The van der Waals surface area contributed by atoms with Gasteiger partial charge in [0.1, 0.15) is 6.23 Å². The maximum atomic E-state index is 5.75. The zero-order valence-corrected chi connectivity index (χ0v) is 17.2. The fourth-order valence-corrected chi connectivity index (χ4v) is 4.55. The molecule has 0 bridgehead atoms. The molecule has 1 aliphatic rings. The van der Waals surface area contributed by atoms with E-state index >= 15 is 0 Å². The molecule has 0 unspecified atom stereocenters. The molecule has 0 saturated carbocycles. The first kappa shape index (κ1) is 19.3. The van der Waals surface area contributed by atoms with E-state index in [1.54, 1.807) is 0 Å². The van der Waals surface area contributed by atoms with Crippen molar-refractivity contribution in [1.82, 2.24) is 4.90 Å². The number of para-hydroxylation sites is 1. The molecule has 1 saturated heterocycles. The lowest BCUT2D eigenvalue weighted by Gasteiger charge is -2.39. The van der Waals surface area contributed by atoms with Gasteiger partial charge < -0.3 is 9.64 Å². The SMILES string of the molecule is CCO[C@@H](C)N1CCN(c2ccccc2Sc2ccc(C)cc2C)CC1. The second-order valence-electron chi connectivity index (χ2n) is 6.92. The molecule has 26 heavy (non-hydrogen) atoms. The van der Waals surface area contributed by atoms with E-state index in [9.17, 15) is 0 Å². The van der Waals surface area contributed by atoms with Gasteiger partial charge in [-0.05, 0) is 51.5 Å². The van der Waals surface area contributed by atoms with Crippen LogP contribution in [-0.4, -0.2) is 43.9 Å². The van der Waals surface area contributed by atoms with Gasteiger partial charge in [-0.3, -0.25) is 4.90 Å². The van der Waals surface area contributed by atoms with Crippen molar-refractivity contribution in [2.45, 2.75) is 43.7 Å². The third kappa shape index (κ3) is 4.61. The van der Waals surface area contributed by atoms with Gasteiger partial charge in [0.15, 0.2) is 0 Å². The molecular formula is C22H30N2OS. The Morgan fingerprint density at radius 2 is 1.73 bits per heavy atom. The molecule has 3 rings (SSSR count). The van der Waals surface area contributed by atoms with Crippen molar-refractivity contribution in [3.8, 4) is 0 Å². The summed E-state index contributed by atoms with van der Waals surface area (Å²) in [4.78, 5) is 7.62. The molecule has 0 aliphatic carbocycles. The van der Waals surface area contributed by atoms with Gasteiger partial charge in [0.2, 0.25) is 0 Å². The van der Waals surface area contributed by atoms with Gasteiger partial charge >= 0.3 is 0 Å². The largest absolute Gasteiger partial charge is 0.368 e. The van der Waals surface area contributed by atoms with Crippen molar-refractivity contribution in [3.05, 3.63) is 53.6 Å². The molecule has 0 N–H and O–H groups in total. The second kappa shape index (κ2) is 8.94. The smallest absolute Gasteiger partial charge is 0.107 e. The van der Waals surface area contributed by atoms with Gasteiger partial charge in [-0.2, -0.15) is 0 Å². The quantitative estimate of drug-likeness (QED) is 0.714. The molecule has 2 aromatic rings. The Morgan fingerprint density at radius 3 is 2.42 bits per heavy atom.